The lowest BCUT2D eigenvalue weighted by molar-refractivity contribution is -0.131. The first-order valence-electron chi connectivity index (χ1n) is 5.94. The van der Waals surface area contributed by atoms with Gasteiger partial charge in [0.25, 0.3) is 0 Å². The predicted molar refractivity (Wildman–Crippen MR) is 61.9 cm³/mol. The maximum Gasteiger partial charge on any atom is 0.332 e. The molecule has 92 valence electrons. The third-order valence-corrected chi connectivity index (χ3v) is 2.86. The standard InChI is InChI=1S/C11H21N3O2/c1-4-12-11(16)14-10(9(3)15)7-6-8-13(14)5-2/h10H,4-8H2,1-3H3,(H,12,16). The van der Waals surface area contributed by atoms with E-state index in [0.29, 0.717) is 6.54 Å². The fraction of sp³-hybridized carbons (Fsp3) is 0.818. The van der Waals surface area contributed by atoms with Crippen molar-refractivity contribution in [2.45, 2.75) is 39.7 Å². The third-order valence-electron chi connectivity index (χ3n) is 2.86. The van der Waals surface area contributed by atoms with Gasteiger partial charge in [0.2, 0.25) is 0 Å². The maximum absolute atomic E-state index is 11.9. The molecule has 1 atom stereocenters. The minimum atomic E-state index is -0.291. The second-order valence-electron chi connectivity index (χ2n) is 4.00. The maximum atomic E-state index is 11.9. The summed E-state index contributed by atoms with van der Waals surface area (Å²) in [4.78, 5) is 23.4. The van der Waals surface area contributed by atoms with Crippen LogP contribution in [0.3, 0.4) is 0 Å². The number of carbonyl (C=O) groups excluding carboxylic acids is 2. The van der Waals surface area contributed by atoms with Gasteiger partial charge in [0.1, 0.15) is 6.04 Å². The molecule has 0 aromatic rings. The van der Waals surface area contributed by atoms with E-state index in [-0.39, 0.29) is 17.9 Å². The fourth-order valence-corrected chi connectivity index (χ4v) is 2.08. The normalized spacial score (nSPS) is 21.9. The number of urea groups is 1. The van der Waals surface area contributed by atoms with Crippen molar-refractivity contribution in [3.63, 3.8) is 0 Å². The molecule has 16 heavy (non-hydrogen) atoms. The van der Waals surface area contributed by atoms with E-state index in [1.165, 1.54) is 0 Å². The molecule has 0 aromatic carbocycles. The van der Waals surface area contributed by atoms with Gasteiger partial charge >= 0.3 is 6.03 Å². The van der Waals surface area contributed by atoms with Gasteiger partial charge in [-0.05, 0) is 26.7 Å². The number of hydrogen-bond acceptors (Lipinski definition) is 3. The summed E-state index contributed by atoms with van der Waals surface area (Å²) in [5.74, 6) is 0.0596. The molecule has 1 fully saturated rings. The van der Waals surface area contributed by atoms with E-state index in [2.05, 4.69) is 5.32 Å². The first-order valence-corrected chi connectivity index (χ1v) is 5.94. The van der Waals surface area contributed by atoms with Crippen molar-refractivity contribution in [3.8, 4) is 0 Å². The highest BCUT2D eigenvalue weighted by Crippen LogP contribution is 2.18. The van der Waals surface area contributed by atoms with Gasteiger partial charge in [0, 0.05) is 19.6 Å². The highest BCUT2D eigenvalue weighted by molar-refractivity contribution is 5.86. The van der Waals surface area contributed by atoms with Crippen molar-refractivity contribution in [1.29, 1.82) is 0 Å². The van der Waals surface area contributed by atoms with Crippen molar-refractivity contribution in [1.82, 2.24) is 15.3 Å². The van der Waals surface area contributed by atoms with Crippen LogP contribution in [0.5, 0.6) is 0 Å². The van der Waals surface area contributed by atoms with Gasteiger partial charge < -0.3 is 5.32 Å². The molecule has 1 saturated heterocycles. The molecule has 1 unspecified atom stereocenters. The molecule has 0 saturated carbocycles. The summed E-state index contributed by atoms with van der Waals surface area (Å²) in [6, 6.07) is -0.454. The average Bonchev–Trinajstić information content (AvgIpc) is 2.28. The summed E-state index contributed by atoms with van der Waals surface area (Å²) in [6.07, 6.45) is 1.73. The summed E-state index contributed by atoms with van der Waals surface area (Å²) in [7, 11) is 0. The van der Waals surface area contributed by atoms with E-state index in [1.54, 1.807) is 11.9 Å². The Kier molecular flexibility index (Phi) is 4.73. The lowest BCUT2D eigenvalue weighted by atomic mass is 10.0. The molecule has 0 bridgehead atoms. The van der Waals surface area contributed by atoms with Crippen LogP contribution >= 0.6 is 0 Å². The molecule has 0 radical (unpaired) electrons. The van der Waals surface area contributed by atoms with Crippen molar-refractivity contribution >= 4 is 11.8 Å². The van der Waals surface area contributed by atoms with Crippen molar-refractivity contribution in [2.24, 2.45) is 0 Å². The smallest absolute Gasteiger partial charge is 0.332 e. The fourth-order valence-electron chi connectivity index (χ4n) is 2.08. The van der Waals surface area contributed by atoms with Crippen LogP contribution in [-0.2, 0) is 4.79 Å². The highest BCUT2D eigenvalue weighted by atomic mass is 16.2. The zero-order chi connectivity index (χ0) is 12.1. The number of nitrogens with zero attached hydrogens (tertiary/aromatic N) is 2. The van der Waals surface area contributed by atoms with Crippen LogP contribution in [-0.4, -0.2) is 47.5 Å². The molecule has 1 rings (SSSR count). The lowest BCUT2D eigenvalue weighted by Gasteiger charge is -2.42. The van der Waals surface area contributed by atoms with Crippen LogP contribution in [0.25, 0.3) is 0 Å². The third kappa shape index (κ3) is 2.72. The molecule has 0 aliphatic carbocycles. The molecule has 5 nitrogen and oxygen atoms in total. The number of hydrazine groups is 1. The monoisotopic (exact) mass is 227 g/mol. The first kappa shape index (κ1) is 13.0. The van der Waals surface area contributed by atoms with E-state index in [9.17, 15) is 9.59 Å². The number of rotatable bonds is 3. The summed E-state index contributed by atoms with van der Waals surface area (Å²) < 4.78 is 0. The van der Waals surface area contributed by atoms with E-state index in [1.807, 2.05) is 18.9 Å². The Bertz CT molecular complexity index is 268. The molecule has 2 amide bonds. The molecule has 0 aromatic heterocycles. The van der Waals surface area contributed by atoms with Gasteiger partial charge in [-0.25, -0.2) is 14.8 Å². The number of amides is 2. The minimum Gasteiger partial charge on any atom is -0.337 e. The van der Waals surface area contributed by atoms with Crippen molar-refractivity contribution in [2.75, 3.05) is 19.6 Å². The van der Waals surface area contributed by atoms with Crippen LogP contribution in [0.15, 0.2) is 0 Å². The minimum absolute atomic E-state index is 0.0596. The molecule has 1 aliphatic heterocycles. The quantitative estimate of drug-likeness (QED) is 0.782. The molecular weight excluding hydrogens is 206 g/mol. The Morgan fingerprint density at radius 3 is 2.56 bits per heavy atom. The molecular formula is C11H21N3O2. The highest BCUT2D eigenvalue weighted by Gasteiger charge is 2.34. The molecule has 1 heterocycles. The van der Waals surface area contributed by atoms with Gasteiger partial charge in [-0.1, -0.05) is 6.92 Å². The Hall–Kier alpha value is -1.10. The second-order valence-corrected chi connectivity index (χ2v) is 4.00. The van der Waals surface area contributed by atoms with E-state index in [4.69, 9.17) is 0 Å². The van der Waals surface area contributed by atoms with Gasteiger partial charge in [0.05, 0.1) is 0 Å². The summed E-state index contributed by atoms with van der Waals surface area (Å²) in [6.45, 7) is 7.60. The van der Waals surface area contributed by atoms with Gasteiger partial charge in [-0.3, -0.25) is 4.79 Å². The topological polar surface area (TPSA) is 52.7 Å². The Morgan fingerprint density at radius 1 is 1.38 bits per heavy atom. The molecule has 5 heteroatoms. The Balaban J connectivity index is 2.82. The predicted octanol–water partition coefficient (Wildman–Crippen LogP) is 1.01. The zero-order valence-electron chi connectivity index (χ0n) is 10.3. The van der Waals surface area contributed by atoms with Crippen LogP contribution in [0.4, 0.5) is 4.79 Å². The van der Waals surface area contributed by atoms with Gasteiger partial charge in [-0.15, -0.1) is 0 Å². The number of ketones is 1. The van der Waals surface area contributed by atoms with Gasteiger partial charge in [0.15, 0.2) is 5.78 Å². The van der Waals surface area contributed by atoms with Crippen LogP contribution in [0, 0.1) is 0 Å². The Morgan fingerprint density at radius 2 is 2.06 bits per heavy atom. The van der Waals surface area contributed by atoms with Crippen molar-refractivity contribution in [3.05, 3.63) is 0 Å². The summed E-state index contributed by atoms with van der Waals surface area (Å²) in [5, 5.41) is 6.30. The first-order chi connectivity index (χ1) is 7.61. The van der Waals surface area contributed by atoms with E-state index in [0.717, 1.165) is 25.9 Å². The van der Waals surface area contributed by atoms with Crippen LogP contribution in [0.1, 0.15) is 33.6 Å². The zero-order valence-corrected chi connectivity index (χ0v) is 10.3. The van der Waals surface area contributed by atoms with Crippen molar-refractivity contribution < 1.29 is 9.59 Å². The van der Waals surface area contributed by atoms with E-state index < -0.39 is 0 Å². The largest absolute Gasteiger partial charge is 0.337 e. The average molecular weight is 227 g/mol. The molecule has 1 aliphatic rings. The summed E-state index contributed by atoms with van der Waals surface area (Å²) >= 11 is 0. The number of nitrogens with one attached hydrogen (secondary N) is 1. The van der Waals surface area contributed by atoms with Crippen LogP contribution < -0.4 is 5.32 Å². The van der Waals surface area contributed by atoms with E-state index >= 15 is 0 Å². The Labute approximate surface area is 96.7 Å². The van der Waals surface area contributed by atoms with Gasteiger partial charge in [-0.2, -0.15) is 0 Å². The molecule has 1 N–H and O–H groups in total. The number of carbonyl (C=O) groups is 2. The lowest BCUT2D eigenvalue weighted by Crippen LogP contribution is -2.60. The number of Topliss-reactive ketones (excluding diaryl/α,β-unsaturated/α-hetero) is 1. The molecule has 0 spiro atoms. The summed E-state index contributed by atoms with van der Waals surface area (Å²) in [5.41, 5.74) is 0. The second kappa shape index (κ2) is 5.84. The van der Waals surface area contributed by atoms with Crippen LogP contribution in [0.2, 0.25) is 0 Å². The SMILES string of the molecule is CCNC(=O)N1C(C(C)=O)CCCN1CC. The number of hydrogen-bond donors (Lipinski definition) is 1.